The average Bonchev–Trinajstić information content (AvgIpc) is 2.93. The summed E-state index contributed by atoms with van der Waals surface area (Å²) in [6.45, 7) is 5.94. The maximum absolute atomic E-state index is 13.2. The van der Waals surface area contributed by atoms with Crippen molar-refractivity contribution in [3.05, 3.63) is 40.7 Å². The summed E-state index contributed by atoms with van der Waals surface area (Å²) < 4.78 is 34.7. The molecule has 9 heteroatoms. The first-order valence-electron chi connectivity index (χ1n) is 9.61. The molecule has 0 aliphatic carbocycles. The monoisotopic (exact) mass is 439 g/mol. The number of carbonyl (C=O) groups excluding carboxylic acids is 1. The average molecular weight is 440 g/mol. The van der Waals surface area contributed by atoms with Crippen molar-refractivity contribution in [3.63, 3.8) is 0 Å². The van der Waals surface area contributed by atoms with E-state index in [2.05, 4.69) is 5.10 Å². The summed E-state index contributed by atoms with van der Waals surface area (Å²) in [7, 11) is -2.23. The molecule has 0 N–H and O–H groups in total. The highest BCUT2D eigenvalue weighted by Crippen LogP contribution is 2.31. The first-order chi connectivity index (χ1) is 13.6. The molecule has 0 amide bonds. The third-order valence-electron chi connectivity index (χ3n) is 4.94. The summed E-state index contributed by atoms with van der Waals surface area (Å²) in [5, 5.41) is 4.18. The van der Waals surface area contributed by atoms with Crippen molar-refractivity contribution in [2.75, 3.05) is 13.1 Å². The largest absolute Gasteiger partial charge is 0.491 e. The van der Waals surface area contributed by atoms with Gasteiger partial charge in [-0.25, -0.2) is 8.42 Å². The van der Waals surface area contributed by atoms with Crippen LogP contribution in [0, 0.1) is 12.8 Å². The van der Waals surface area contributed by atoms with Gasteiger partial charge in [0.1, 0.15) is 15.8 Å². The van der Waals surface area contributed by atoms with Crippen LogP contribution in [-0.2, 0) is 17.1 Å². The highest BCUT2D eigenvalue weighted by atomic mass is 35.5. The number of piperidine rings is 1. The minimum Gasteiger partial charge on any atom is -0.491 e. The number of ketones is 1. The molecule has 0 bridgehead atoms. The fraction of sp³-hybridized carbons (Fsp3) is 0.500. The molecule has 1 atom stereocenters. The van der Waals surface area contributed by atoms with Gasteiger partial charge in [-0.15, -0.1) is 0 Å². The molecular weight excluding hydrogens is 414 g/mol. The van der Waals surface area contributed by atoms with Crippen molar-refractivity contribution in [1.82, 2.24) is 14.1 Å². The van der Waals surface area contributed by atoms with Gasteiger partial charge in [-0.3, -0.25) is 9.48 Å². The number of aryl methyl sites for hydroxylation is 2. The van der Waals surface area contributed by atoms with E-state index in [9.17, 15) is 13.2 Å². The highest BCUT2D eigenvalue weighted by molar-refractivity contribution is 7.89. The van der Waals surface area contributed by atoms with Crippen LogP contribution in [0.1, 0.15) is 42.7 Å². The van der Waals surface area contributed by atoms with Gasteiger partial charge in [0.2, 0.25) is 10.0 Å². The SMILES string of the molecule is Cc1nn(C)c(Cl)c1S(=O)(=O)N1CCC[C@@H](C(=O)c2cccc(OC(C)C)c2)C1. The predicted octanol–water partition coefficient (Wildman–Crippen LogP) is 3.45. The second kappa shape index (κ2) is 8.45. The van der Waals surface area contributed by atoms with Gasteiger partial charge in [-0.2, -0.15) is 9.40 Å². The number of aromatic nitrogens is 2. The van der Waals surface area contributed by atoms with Gasteiger partial charge in [0.25, 0.3) is 0 Å². The van der Waals surface area contributed by atoms with Gasteiger partial charge in [-0.1, -0.05) is 23.7 Å². The van der Waals surface area contributed by atoms with E-state index < -0.39 is 15.9 Å². The van der Waals surface area contributed by atoms with Crippen LogP contribution in [0.4, 0.5) is 0 Å². The van der Waals surface area contributed by atoms with Gasteiger partial charge in [0, 0.05) is 31.6 Å². The van der Waals surface area contributed by atoms with Gasteiger partial charge < -0.3 is 4.74 Å². The Morgan fingerprint density at radius 2 is 2.07 bits per heavy atom. The Morgan fingerprint density at radius 3 is 2.69 bits per heavy atom. The zero-order chi connectivity index (χ0) is 21.3. The standard InChI is InChI=1S/C20H26ClN3O4S/c1-13(2)28-17-9-5-7-15(11-17)18(25)16-8-6-10-24(12-16)29(26,27)19-14(3)22-23(4)20(19)21/h5,7,9,11,13,16H,6,8,10,12H2,1-4H3/t16-/m1/s1. The smallest absolute Gasteiger partial charge is 0.248 e. The lowest BCUT2D eigenvalue weighted by Crippen LogP contribution is -2.42. The topological polar surface area (TPSA) is 81.5 Å². The van der Waals surface area contributed by atoms with E-state index in [1.54, 1.807) is 32.2 Å². The molecule has 0 saturated carbocycles. The molecule has 0 spiro atoms. The molecule has 1 aliphatic rings. The number of nitrogens with zero attached hydrogens (tertiary/aromatic N) is 3. The van der Waals surface area contributed by atoms with E-state index >= 15 is 0 Å². The number of sulfonamides is 1. The lowest BCUT2D eigenvalue weighted by molar-refractivity contribution is 0.0871. The number of Topliss-reactive ketones (excluding diaryl/α,β-unsaturated/α-hetero) is 1. The Labute approximate surface area is 176 Å². The molecule has 1 saturated heterocycles. The van der Waals surface area contributed by atoms with Crippen molar-refractivity contribution in [1.29, 1.82) is 0 Å². The van der Waals surface area contributed by atoms with Crippen LogP contribution in [0.3, 0.4) is 0 Å². The molecule has 1 aromatic carbocycles. The highest BCUT2D eigenvalue weighted by Gasteiger charge is 2.37. The molecular formula is C20H26ClN3O4S. The molecule has 1 aromatic heterocycles. The second-order valence-corrected chi connectivity index (χ2v) is 9.82. The number of hydrogen-bond donors (Lipinski definition) is 0. The summed E-state index contributed by atoms with van der Waals surface area (Å²) in [5.41, 5.74) is 0.882. The Bertz CT molecular complexity index is 1020. The summed E-state index contributed by atoms with van der Waals surface area (Å²) in [6.07, 6.45) is 1.25. The number of benzene rings is 1. The Hall–Kier alpha value is -1.90. The summed E-state index contributed by atoms with van der Waals surface area (Å²) in [6, 6.07) is 7.05. The Morgan fingerprint density at radius 1 is 1.34 bits per heavy atom. The second-order valence-electron chi connectivity index (χ2n) is 7.59. The molecule has 2 heterocycles. The number of carbonyl (C=O) groups is 1. The van der Waals surface area contributed by atoms with Crippen LogP contribution in [0.15, 0.2) is 29.2 Å². The van der Waals surface area contributed by atoms with E-state index in [0.29, 0.717) is 36.4 Å². The van der Waals surface area contributed by atoms with Crippen molar-refractivity contribution in [2.24, 2.45) is 13.0 Å². The first kappa shape index (κ1) is 21.8. The van der Waals surface area contributed by atoms with Crippen LogP contribution < -0.4 is 4.74 Å². The molecule has 2 aromatic rings. The predicted molar refractivity (Wildman–Crippen MR) is 111 cm³/mol. The summed E-state index contributed by atoms with van der Waals surface area (Å²) in [5.74, 6) is 0.139. The van der Waals surface area contributed by atoms with Crippen LogP contribution in [-0.4, -0.2) is 47.5 Å². The van der Waals surface area contributed by atoms with E-state index in [1.165, 1.54) is 8.99 Å². The van der Waals surface area contributed by atoms with E-state index in [-0.39, 0.29) is 28.5 Å². The third-order valence-corrected chi connectivity index (χ3v) is 7.51. The molecule has 158 valence electrons. The first-order valence-corrected chi connectivity index (χ1v) is 11.4. The zero-order valence-electron chi connectivity index (χ0n) is 17.1. The van der Waals surface area contributed by atoms with Gasteiger partial charge >= 0.3 is 0 Å². The quantitative estimate of drug-likeness (QED) is 0.644. The molecule has 29 heavy (non-hydrogen) atoms. The fourth-order valence-electron chi connectivity index (χ4n) is 3.64. The Kier molecular flexibility index (Phi) is 6.36. The van der Waals surface area contributed by atoms with Crippen LogP contribution in [0.2, 0.25) is 5.15 Å². The van der Waals surface area contributed by atoms with Gasteiger partial charge in [0.05, 0.1) is 11.8 Å². The lowest BCUT2D eigenvalue weighted by atomic mass is 9.91. The number of ether oxygens (including phenoxy) is 1. The van der Waals surface area contributed by atoms with E-state index in [0.717, 1.165) is 0 Å². The van der Waals surface area contributed by atoms with Crippen molar-refractivity contribution in [3.8, 4) is 5.75 Å². The normalized spacial score (nSPS) is 18.2. The van der Waals surface area contributed by atoms with Crippen LogP contribution in [0.5, 0.6) is 5.75 Å². The molecule has 1 aliphatic heterocycles. The molecule has 0 radical (unpaired) electrons. The molecule has 0 unspecified atom stereocenters. The maximum Gasteiger partial charge on any atom is 0.248 e. The maximum atomic E-state index is 13.2. The van der Waals surface area contributed by atoms with Gasteiger partial charge in [0.15, 0.2) is 5.78 Å². The number of halogens is 1. The molecule has 1 fully saturated rings. The fourth-order valence-corrected chi connectivity index (χ4v) is 5.87. The lowest BCUT2D eigenvalue weighted by Gasteiger charge is -2.31. The van der Waals surface area contributed by atoms with Crippen LogP contribution >= 0.6 is 11.6 Å². The number of hydrogen-bond acceptors (Lipinski definition) is 5. The molecule has 7 nitrogen and oxygen atoms in total. The third kappa shape index (κ3) is 4.49. The van der Waals surface area contributed by atoms with E-state index in [1.807, 2.05) is 19.9 Å². The summed E-state index contributed by atoms with van der Waals surface area (Å²) >= 11 is 6.19. The minimum atomic E-state index is -3.83. The van der Waals surface area contributed by atoms with Crippen molar-refractivity contribution < 1.29 is 17.9 Å². The Balaban J connectivity index is 1.83. The van der Waals surface area contributed by atoms with Crippen LogP contribution in [0.25, 0.3) is 0 Å². The van der Waals surface area contributed by atoms with Crippen molar-refractivity contribution >= 4 is 27.4 Å². The molecule has 3 rings (SSSR count). The van der Waals surface area contributed by atoms with E-state index in [4.69, 9.17) is 16.3 Å². The van der Waals surface area contributed by atoms with Gasteiger partial charge in [-0.05, 0) is 45.7 Å². The summed E-state index contributed by atoms with van der Waals surface area (Å²) in [4.78, 5) is 13.1. The minimum absolute atomic E-state index is 0.00290. The zero-order valence-corrected chi connectivity index (χ0v) is 18.6. The van der Waals surface area contributed by atoms with Crippen molar-refractivity contribution in [2.45, 2.75) is 44.6 Å². The number of rotatable bonds is 6.